The van der Waals surface area contributed by atoms with Crippen LogP contribution in [-0.4, -0.2) is 17.6 Å². The third-order valence-electron chi connectivity index (χ3n) is 2.30. The Morgan fingerprint density at radius 2 is 2.20 bits per heavy atom. The summed E-state index contributed by atoms with van der Waals surface area (Å²) in [6.45, 7) is 1.43. The van der Waals surface area contributed by atoms with Gasteiger partial charge in [-0.05, 0) is 12.1 Å². The van der Waals surface area contributed by atoms with Crippen LogP contribution in [0.15, 0.2) is 24.4 Å². The van der Waals surface area contributed by atoms with E-state index < -0.39 is 5.82 Å². The molecule has 0 N–H and O–H groups in total. The molecule has 0 fully saturated rings. The van der Waals surface area contributed by atoms with Gasteiger partial charge in [0.05, 0.1) is 12.6 Å². The van der Waals surface area contributed by atoms with Gasteiger partial charge in [0.25, 0.3) is 0 Å². The lowest BCUT2D eigenvalue weighted by Crippen LogP contribution is -2.03. The Hall–Kier alpha value is -1.84. The standard InChI is InChI=1S/C11H10FNO2/c1-7(14)13-4-3-8-5-11(15-2)9(12)6-10(8)13/h3-6H,1-2H3. The van der Waals surface area contributed by atoms with Crippen LogP contribution in [-0.2, 0) is 0 Å². The van der Waals surface area contributed by atoms with Crippen molar-refractivity contribution in [3.8, 4) is 5.75 Å². The van der Waals surface area contributed by atoms with E-state index in [1.165, 1.54) is 24.7 Å². The zero-order chi connectivity index (χ0) is 11.0. The van der Waals surface area contributed by atoms with Crippen LogP contribution in [0.5, 0.6) is 5.75 Å². The van der Waals surface area contributed by atoms with Gasteiger partial charge in [-0.3, -0.25) is 9.36 Å². The Morgan fingerprint density at radius 3 is 2.80 bits per heavy atom. The topological polar surface area (TPSA) is 31.2 Å². The number of hydrogen-bond acceptors (Lipinski definition) is 2. The van der Waals surface area contributed by atoms with Gasteiger partial charge in [-0.2, -0.15) is 0 Å². The van der Waals surface area contributed by atoms with Crippen LogP contribution in [0.2, 0.25) is 0 Å². The van der Waals surface area contributed by atoms with E-state index in [0.29, 0.717) is 5.52 Å². The van der Waals surface area contributed by atoms with Gasteiger partial charge >= 0.3 is 0 Å². The molecule has 3 nitrogen and oxygen atoms in total. The largest absolute Gasteiger partial charge is 0.494 e. The quantitative estimate of drug-likeness (QED) is 0.719. The smallest absolute Gasteiger partial charge is 0.227 e. The summed E-state index contributed by atoms with van der Waals surface area (Å²) in [4.78, 5) is 11.2. The minimum atomic E-state index is -0.466. The lowest BCUT2D eigenvalue weighted by molar-refractivity contribution is 0.0941. The molecule has 0 atom stereocenters. The number of nitrogens with zero attached hydrogens (tertiary/aromatic N) is 1. The van der Waals surface area contributed by atoms with E-state index in [9.17, 15) is 9.18 Å². The van der Waals surface area contributed by atoms with E-state index in [0.717, 1.165) is 5.39 Å². The molecule has 4 heteroatoms. The maximum absolute atomic E-state index is 13.4. The number of hydrogen-bond donors (Lipinski definition) is 0. The van der Waals surface area contributed by atoms with Gasteiger partial charge in [-0.15, -0.1) is 0 Å². The highest BCUT2D eigenvalue weighted by atomic mass is 19.1. The first-order chi connectivity index (χ1) is 7.13. The molecule has 15 heavy (non-hydrogen) atoms. The number of carbonyl (C=O) groups excluding carboxylic acids is 1. The lowest BCUT2D eigenvalue weighted by Gasteiger charge is -2.03. The summed E-state index contributed by atoms with van der Waals surface area (Å²) in [5, 5.41) is 0.781. The van der Waals surface area contributed by atoms with Gasteiger partial charge in [0, 0.05) is 24.6 Å². The first-order valence-corrected chi connectivity index (χ1v) is 4.49. The highest BCUT2D eigenvalue weighted by Crippen LogP contribution is 2.25. The van der Waals surface area contributed by atoms with Crippen molar-refractivity contribution in [2.45, 2.75) is 6.92 Å². The van der Waals surface area contributed by atoms with Crippen LogP contribution >= 0.6 is 0 Å². The van der Waals surface area contributed by atoms with Gasteiger partial charge in [-0.25, -0.2) is 4.39 Å². The monoisotopic (exact) mass is 207 g/mol. The molecule has 0 amide bonds. The SMILES string of the molecule is COc1cc2ccn(C(C)=O)c2cc1F. The average Bonchev–Trinajstić information content (AvgIpc) is 2.59. The fourth-order valence-corrected chi connectivity index (χ4v) is 1.57. The molecule has 0 aliphatic carbocycles. The van der Waals surface area contributed by atoms with Gasteiger partial charge in [0.2, 0.25) is 5.91 Å². The van der Waals surface area contributed by atoms with E-state index >= 15 is 0 Å². The van der Waals surface area contributed by atoms with E-state index in [4.69, 9.17) is 4.74 Å². The normalized spacial score (nSPS) is 10.6. The van der Waals surface area contributed by atoms with Crippen molar-refractivity contribution < 1.29 is 13.9 Å². The molecule has 0 bridgehead atoms. The number of aromatic nitrogens is 1. The number of fused-ring (bicyclic) bond motifs is 1. The minimum absolute atomic E-state index is 0.144. The molecule has 0 aliphatic heterocycles. The predicted molar refractivity (Wildman–Crippen MR) is 54.7 cm³/mol. The van der Waals surface area contributed by atoms with Crippen molar-refractivity contribution in [1.82, 2.24) is 4.57 Å². The third kappa shape index (κ3) is 1.48. The zero-order valence-corrected chi connectivity index (χ0v) is 8.45. The number of benzene rings is 1. The Kier molecular flexibility index (Phi) is 2.19. The molecule has 0 aliphatic rings. The first kappa shape index (κ1) is 9.71. The van der Waals surface area contributed by atoms with Crippen molar-refractivity contribution >= 4 is 16.8 Å². The molecule has 2 rings (SSSR count). The average molecular weight is 207 g/mol. The number of halogens is 1. The molecule has 0 saturated carbocycles. The second-order valence-electron chi connectivity index (χ2n) is 3.25. The fraction of sp³-hybridized carbons (Fsp3) is 0.182. The summed E-state index contributed by atoms with van der Waals surface area (Å²) in [6.07, 6.45) is 1.62. The van der Waals surface area contributed by atoms with Gasteiger partial charge in [0.1, 0.15) is 0 Å². The predicted octanol–water partition coefficient (Wildman–Crippen LogP) is 2.45. The van der Waals surface area contributed by atoms with Crippen LogP contribution < -0.4 is 4.74 Å². The Bertz CT molecular complexity index is 531. The van der Waals surface area contributed by atoms with Crippen LogP contribution in [0.4, 0.5) is 4.39 Å². The maximum atomic E-state index is 13.4. The number of ether oxygens (including phenoxy) is 1. The Morgan fingerprint density at radius 1 is 1.47 bits per heavy atom. The molecule has 0 radical (unpaired) electrons. The van der Waals surface area contributed by atoms with Gasteiger partial charge in [0.15, 0.2) is 11.6 Å². The first-order valence-electron chi connectivity index (χ1n) is 4.49. The van der Waals surface area contributed by atoms with Crippen LogP contribution in [0.1, 0.15) is 11.7 Å². The summed E-state index contributed by atoms with van der Waals surface area (Å²) in [5.41, 5.74) is 0.556. The van der Waals surface area contributed by atoms with Crippen molar-refractivity contribution in [3.63, 3.8) is 0 Å². The van der Waals surface area contributed by atoms with E-state index in [1.54, 1.807) is 18.3 Å². The van der Waals surface area contributed by atoms with Crippen LogP contribution in [0.25, 0.3) is 10.9 Å². The van der Waals surface area contributed by atoms with Crippen LogP contribution in [0.3, 0.4) is 0 Å². The highest BCUT2D eigenvalue weighted by Gasteiger charge is 2.09. The van der Waals surface area contributed by atoms with Crippen molar-refractivity contribution in [1.29, 1.82) is 0 Å². The second kappa shape index (κ2) is 3.38. The second-order valence-corrected chi connectivity index (χ2v) is 3.25. The summed E-state index contributed by atoms with van der Waals surface area (Å²) in [7, 11) is 1.41. The summed E-state index contributed by atoms with van der Waals surface area (Å²) in [5.74, 6) is -0.426. The Balaban J connectivity index is 2.73. The van der Waals surface area contributed by atoms with Crippen molar-refractivity contribution in [2.24, 2.45) is 0 Å². The fourth-order valence-electron chi connectivity index (χ4n) is 1.57. The molecule has 0 unspecified atom stereocenters. The molecular weight excluding hydrogens is 197 g/mol. The number of methoxy groups -OCH3 is 1. The molecule has 0 saturated heterocycles. The van der Waals surface area contributed by atoms with Crippen molar-refractivity contribution in [2.75, 3.05) is 7.11 Å². The minimum Gasteiger partial charge on any atom is -0.494 e. The molecule has 2 aromatic rings. The molecule has 0 spiro atoms. The number of carbonyl (C=O) groups is 1. The molecule has 1 aromatic carbocycles. The maximum Gasteiger partial charge on any atom is 0.227 e. The summed E-state index contributed by atoms with van der Waals surface area (Å²) < 4.78 is 19.6. The third-order valence-corrected chi connectivity index (χ3v) is 2.30. The van der Waals surface area contributed by atoms with Crippen LogP contribution in [0, 0.1) is 5.82 Å². The van der Waals surface area contributed by atoms with Crippen molar-refractivity contribution in [3.05, 3.63) is 30.2 Å². The van der Waals surface area contributed by atoms with E-state index in [-0.39, 0.29) is 11.7 Å². The summed E-state index contributed by atoms with van der Waals surface area (Å²) in [6, 6.07) is 4.62. The van der Waals surface area contributed by atoms with Gasteiger partial charge < -0.3 is 4.74 Å². The summed E-state index contributed by atoms with van der Waals surface area (Å²) >= 11 is 0. The molecule has 1 heterocycles. The van der Waals surface area contributed by atoms with E-state index in [1.807, 2.05) is 0 Å². The van der Waals surface area contributed by atoms with Gasteiger partial charge in [-0.1, -0.05) is 0 Å². The Labute approximate surface area is 86.1 Å². The lowest BCUT2D eigenvalue weighted by atomic mass is 10.2. The molecule has 1 aromatic heterocycles. The molecule has 78 valence electrons. The molecular formula is C11H10FNO2. The zero-order valence-electron chi connectivity index (χ0n) is 8.45. The number of rotatable bonds is 1. The van der Waals surface area contributed by atoms with E-state index in [2.05, 4.69) is 0 Å². The highest BCUT2D eigenvalue weighted by molar-refractivity contribution is 5.92.